The molecule has 1 rings (SSSR count). The predicted octanol–water partition coefficient (Wildman–Crippen LogP) is 2.06. The summed E-state index contributed by atoms with van der Waals surface area (Å²) in [6.07, 6.45) is 3.90. The molecular weight excluding hydrogens is 160 g/mol. The first-order chi connectivity index (χ1) is 5.97. The average molecular weight is 178 g/mol. The summed E-state index contributed by atoms with van der Waals surface area (Å²) in [5, 5.41) is 0. The molecule has 13 heavy (non-hydrogen) atoms. The SMILES string of the molecule is Cc1cc(CCC(C)(C)N)ccn1. The van der Waals surface area contributed by atoms with E-state index in [9.17, 15) is 0 Å². The lowest BCUT2D eigenvalue weighted by Crippen LogP contribution is -2.32. The Kier molecular flexibility index (Phi) is 3.04. The molecule has 72 valence electrons. The van der Waals surface area contributed by atoms with Crippen LogP contribution in [0.4, 0.5) is 0 Å². The zero-order chi connectivity index (χ0) is 9.90. The minimum Gasteiger partial charge on any atom is -0.326 e. The average Bonchev–Trinajstić information content (AvgIpc) is 2.00. The minimum atomic E-state index is -0.0722. The number of nitrogens with zero attached hydrogens (tertiary/aromatic N) is 1. The third-order valence-electron chi connectivity index (χ3n) is 2.02. The van der Waals surface area contributed by atoms with Gasteiger partial charge in [-0.05, 0) is 51.3 Å². The van der Waals surface area contributed by atoms with Gasteiger partial charge in [0, 0.05) is 17.4 Å². The third kappa shape index (κ3) is 4.04. The molecule has 0 spiro atoms. The molecule has 1 heterocycles. The van der Waals surface area contributed by atoms with E-state index in [1.165, 1.54) is 5.56 Å². The highest BCUT2D eigenvalue weighted by molar-refractivity contribution is 5.15. The van der Waals surface area contributed by atoms with Crippen LogP contribution in [0.5, 0.6) is 0 Å². The maximum atomic E-state index is 5.91. The number of pyridine rings is 1. The van der Waals surface area contributed by atoms with Gasteiger partial charge in [0.1, 0.15) is 0 Å². The highest BCUT2D eigenvalue weighted by atomic mass is 14.7. The third-order valence-corrected chi connectivity index (χ3v) is 2.02. The second-order valence-electron chi connectivity index (χ2n) is 4.29. The summed E-state index contributed by atoms with van der Waals surface area (Å²) in [5.74, 6) is 0. The standard InChI is InChI=1S/C11H18N2/c1-9-8-10(5-7-13-9)4-6-11(2,3)12/h5,7-8H,4,6,12H2,1-3H3. The lowest BCUT2D eigenvalue weighted by Gasteiger charge is -2.17. The molecule has 0 fully saturated rings. The van der Waals surface area contributed by atoms with Crippen LogP contribution in [0.25, 0.3) is 0 Å². The first-order valence-corrected chi connectivity index (χ1v) is 4.68. The largest absolute Gasteiger partial charge is 0.326 e. The maximum Gasteiger partial charge on any atom is 0.0375 e. The first-order valence-electron chi connectivity index (χ1n) is 4.68. The molecule has 0 unspecified atom stereocenters. The molecular formula is C11H18N2. The molecule has 2 N–H and O–H groups in total. The highest BCUT2D eigenvalue weighted by Crippen LogP contribution is 2.10. The molecule has 0 aliphatic rings. The van der Waals surface area contributed by atoms with E-state index in [-0.39, 0.29) is 5.54 Å². The molecule has 2 heteroatoms. The number of nitrogens with two attached hydrogens (primary N) is 1. The van der Waals surface area contributed by atoms with Crippen molar-refractivity contribution in [1.29, 1.82) is 0 Å². The summed E-state index contributed by atoms with van der Waals surface area (Å²) < 4.78 is 0. The lowest BCUT2D eigenvalue weighted by atomic mass is 9.97. The fourth-order valence-electron chi connectivity index (χ4n) is 1.23. The molecule has 1 aromatic rings. The number of hydrogen-bond donors (Lipinski definition) is 1. The van der Waals surface area contributed by atoms with Gasteiger partial charge in [-0.3, -0.25) is 4.98 Å². The molecule has 0 bridgehead atoms. The topological polar surface area (TPSA) is 38.9 Å². The van der Waals surface area contributed by atoms with Crippen LogP contribution >= 0.6 is 0 Å². The molecule has 0 aliphatic heterocycles. The van der Waals surface area contributed by atoms with Gasteiger partial charge in [0.15, 0.2) is 0 Å². The van der Waals surface area contributed by atoms with Crippen molar-refractivity contribution in [2.45, 2.75) is 39.2 Å². The fourth-order valence-corrected chi connectivity index (χ4v) is 1.23. The summed E-state index contributed by atoms with van der Waals surface area (Å²) in [6, 6.07) is 4.17. The van der Waals surface area contributed by atoms with Crippen LogP contribution in [0.3, 0.4) is 0 Å². The van der Waals surface area contributed by atoms with Crippen LogP contribution < -0.4 is 5.73 Å². The Morgan fingerprint density at radius 2 is 2.15 bits per heavy atom. The van der Waals surface area contributed by atoms with E-state index in [1.54, 1.807) is 0 Å². The fraction of sp³-hybridized carbons (Fsp3) is 0.545. The van der Waals surface area contributed by atoms with E-state index in [4.69, 9.17) is 5.73 Å². The van der Waals surface area contributed by atoms with Gasteiger partial charge < -0.3 is 5.73 Å². The van der Waals surface area contributed by atoms with E-state index in [2.05, 4.69) is 31.0 Å². The number of rotatable bonds is 3. The van der Waals surface area contributed by atoms with Gasteiger partial charge in [-0.2, -0.15) is 0 Å². The van der Waals surface area contributed by atoms with Gasteiger partial charge in [0.05, 0.1) is 0 Å². The quantitative estimate of drug-likeness (QED) is 0.769. The molecule has 0 aliphatic carbocycles. The van der Waals surface area contributed by atoms with Gasteiger partial charge in [0.25, 0.3) is 0 Å². The monoisotopic (exact) mass is 178 g/mol. The molecule has 0 saturated carbocycles. The Labute approximate surface area is 80.2 Å². The van der Waals surface area contributed by atoms with Gasteiger partial charge >= 0.3 is 0 Å². The summed E-state index contributed by atoms with van der Waals surface area (Å²) in [6.45, 7) is 6.12. The van der Waals surface area contributed by atoms with Crippen LogP contribution in [0.2, 0.25) is 0 Å². The van der Waals surface area contributed by atoms with Gasteiger partial charge in [0.2, 0.25) is 0 Å². The molecule has 0 radical (unpaired) electrons. The van der Waals surface area contributed by atoms with E-state index < -0.39 is 0 Å². The zero-order valence-corrected chi connectivity index (χ0v) is 8.67. The highest BCUT2D eigenvalue weighted by Gasteiger charge is 2.09. The number of hydrogen-bond acceptors (Lipinski definition) is 2. The minimum absolute atomic E-state index is 0.0722. The van der Waals surface area contributed by atoms with Crippen LogP contribution in [-0.4, -0.2) is 10.5 Å². The van der Waals surface area contributed by atoms with Crippen LogP contribution in [0.15, 0.2) is 18.3 Å². The van der Waals surface area contributed by atoms with E-state index in [0.29, 0.717) is 0 Å². The molecule has 0 aromatic carbocycles. The van der Waals surface area contributed by atoms with E-state index in [1.807, 2.05) is 13.1 Å². The second-order valence-corrected chi connectivity index (χ2v) is 4.29. The Hall–Kier alpha value is -0.890. The number of aromatic nitrogens is 1. The van der Waals surface area contributed by atoms with Crippen LogP contribution in [0, 0.1) is 6.92 Å². The Morgan fingerprint density at radius 1 is 1.46 bits per heavy atom. The normalized spacial score (nSPS) is 11.7. The van der Waals surface area contributed by atoms with Crippen LogP contribution in [0.1, 0.15) is 31.5 Å². The molecule has 1 aromatic heterocycles. The number of aryl methyl sites for hydroxylation is 2. The predicted molar refractivity (Wildman–Crippen MR) is 55.6 cm³/mol. The van der Waals surface area contributed by atoms with Crippen molar-refractivity contribution in [1.82, 2.24) is 4.98 Å². The van der Waals surface area contributed by atoms with Crippen molar-refractivity contribution in [3.05, 3.63) is 29.6 Å². The smallest absolute Gasteiger partial charge is 0.0375 e. The Balaban J connectivity index is 2.55. The van der Waals surface area contributed by atoms with Crippen molar-refractivity contribution in [3.63, 3.8) is 0 Å². The lowest BCUT2D eigenvalue weighted by molar-refractivity contribution is 0.476. The summed E-state index contributed by atoms with van der Waals surface area (Å²) in [5.41, 5.74) is 8.23. The zero-order valence-electron chi connectivity index (χ0n) is 8.67. The van der Waals surface area contributed by atoms with Crippen molar-refractivity contribution in [3.8, 4) is 0 Å². The summed E-state index contributed by atoms with van der Waals surface area (Å²) in [4.78, 5) is 4.15. The summed E-state index contributed by atoms with van der Waals surface area (Å²) in [7, 11) is 0. The van der Waals surface area contributed by atoms with Crippen molar-refractivity contribution < 1.29 is 0 Å². The molecule has 0 amide bonds. The van der Waals surface area contributed by atoms with Gasteiger partial charge in [-0.1, -0.05) is 0 Å². The van der Waals surface area contributed by atoms with Crippen LogP contribution in [-0.2, 0) is 6.42 Å². The Morgan fingerprint density at radius 3 is 2.69 bits per heavy atom. The van der Waals surface area contributed by atoms with E-state index in [0.717, 1.165) is 18.5 Å². The Bertz CT molecular complexity index is 274. The van der Waals surface area contributed by atoms with Crippen molar-refractivity contribution in [2.24, 2.45) is 5.73 Å². The molecule has 0 saturated heterocycles. The van der Waals surface area contributed by atoms with Gasteiger partial charge in [-0.25, -0.2) is 0 Å². The van der Waals surface area contributed by atoms with Crippen molar-refractivity contribution >= 4 is 0 Å². The summed E-state index contributed by atoms with van der Waals surface area (Å²) >= 11 is 0. The van der Waals surface area contributed by atoms with E-state index >= 15 is 0 Å². The maximum absolute atomic E-state index is 5.91. The molecule has 2 nitrogen and oxygen atoms in total. The molecule has 0 atom stereocenters. The van der Waals surface area contributed by atoms with Crippen molar-refractivity contribution in [2.75, 3.05) is 0 Å². The van der Waals surface area contributed by atoms with Gasteiger partial charge in [-0.15, -0.1) is 0 Å². The first kappa shape index (κ1) is 10.2. The second kappa shape index (κ2) is 3.88.